The molecule has 1 N–H and O–H groups in total. The van der Waals surface area contributed by atoms with Crippen LogP contribution in [0.15, 0.2) is 0 Å². The molecule has 13 heavy (non-hydrogen) atoms. The molecular weight excluding hydrogens is 168 g/mol. The van der Waals surface area contributed by atoms with Crippen LogP contribution in [0.1, 0.15) is 25.7 Å². The highest BCUT2D eigenvalue weighted by atomic mass is 16.2. The molecule has 0 radical (unpaired) electrons. The molecule has 2 aliphatic rings. The summed E-state index contributed by atoms with van der Waals surface area (Å²) in [6.07, 6.45) is 3.64. The molecule has 68 valence electrons. The van der Waals surface area contributed by atoms with Crippen LogP contribution in [0, 0.1) is 17.4 Å². The number of carbonyl (C=O) groups excluding carboxylic acids is 2. The Labute approximate surface area is 75.6 Å². The number of carbonyl (C=O) groups is 2. The standard InChI is InChI=1S/C9H11N2O2/c10-11-7-8(12)5-3-1-2-4-6(5)9(7)13/h5-6,10H,1-4H2/q+1. The topological polar surface area (TPSA) is 72.1 Å². The van der Waals surface area contributed by atoms with Gasteiger partial charge in [0.15, 0.2) is 0 Å². The lowest BCUT2D eigenvalue weighted by atomic mass is 9.81. The predicted octanol–water partition coefficient (Wildman–Crippen LogP) is 0.625. The van der Waals surface area contributed by atoms with Crippen molar-refractivity contribution in [2.24, 2.45) is 11.8 Å². The van der Waals surface area contributed by atoms with Crippen LogP contribution in [0.4, 0.5) is 0 Å². The van der Waals surface area contributed by atoms with Crippen molar-refractivity contribution in [3.63, 3.8) is 0 Å². The van der Waals surface area contributed by atoms with Crippen LogP contribution >= 0.6 is 0 Å². The first-order valence-electron chi connectivity index (χ1n) is 4.58. The Bertz CT molecular complexity index is 303. The number of hydrogen-bond acceptors (Lipinski definition) is 3. The van der Waals surface area contributed by atoms with Crippen molar-refractivity contribution >= 4 is 17.3 Å². The Balaban J connectivity index is 2.38. The smallest absolute Gasteiger partial charge is 0.285 e. The van der Waals surface area contributed by atoms with Crippen LogP contribution in [0.25, 0.3) is 0 Å². The van der Waals surface area contributed by atoms with Crippen LogP contribution in [0.5, 0.6) is 0 Å². The van der Waals surface area contributed by atoms with E-state index in [4.69, 9.17) is 5.53 Å². The molecule has 0 heterocycles. The summed E-state index contributed by atoms with van der Waals surface area (Å²) in [6, 6.07) is 0. The van der Waals surface area contributed by atoms with Crippen molar-refractivity contribution in [1.29, 1.82) is 5.53 Å². The maximum Gasteiger partial charge on any atom is 0.449 e. The minimum Gasteiger partial charge on any atom is -0.285 e. The average Bonchev–Trinajstić information content (AvgIpc) is 2.41. The summed E-state index contributed by atoms with van der Waals surface area (Å²) >= 11 is 0. The lowest BCUT2D eigenvalue weighted by Crippen LogP contribution is -2.21. The molecule has 4 nitrogen and oxygen atoms in total. The van der Waals surface area contributed by atoms with Crippen molar-refractivity contribution in [3.05, 3.63) is 0 Å². The molecule has 0 bridgehead atoms. The van der Waals surface area contributed by atoms with Crippen molar-refractivity contribution in [3.8, 4) is 0 Å². The zero-order valence-electron chi connectivity index (χ0n) is 7.25. The number of ketones is 2. The molecule has 0 aromatic carbocycles. The number of hydrogen-bond donors (Lipinski definition) is 1. The fraction of sp³-hybridized carbons (Fsp3) is 0.667. The van der Waals surface area contributed by atoms with E-state index < -0.39 is 0 Å². The van der Waals surface area contributed by atoms with Crippen molar-refractivity contribution < 1.29 is 14.4 Å². The molecule has 2 unspecified atom stereocenters. The lowest BCUT2D eigenvalue weighted by molar-refractivity contribution is -0.142. The second-order valence-electron chi connectivity index (χ2n) is 3.69. The summed E-state index contributed by atoms with van der Waals surface area (Å²) in [5.74, 6) is -0.676. The Morgan fingerprint density at radius 2 is 1.54 bits per heavy atom. The normalized spacial score (nSPS) is 33.1. The van der Waals surface area contributed by atoms with Gasteiger partial charge >= 0.3 is 5.71 Å². The molecule has 4 heteroatoms. The monoisotopic (exact) mass is 179 g/mol. The van der Waals surface area contributed by atoms with Gasteiger partial charge in [0.25, 0.3) is 11.6 Å². The Hall–Kier alpha value is -1.28. The summed E-state index contributed by atoms with van der Waals surface area (Å²) in [5, 5.41) is 0. The zero-order valence-corrected chi connectivity index (χ0v) is 7.25. The van der Waals surface area contributed by atoms with E-state index in [0.29, 0.717) is 0 Å². The van der Waals surface area contributed by atoms with Crippen molar-refractivity contribution in [2.75, 3.05) is 0 Å². The summed E-state index contributed by atoms with van der Waals surface area (Å²) in [6.45, 7) is 0. The van der Waals surface area contributed by atoms with Crippen LogP contribution < -0.4 is 0 Å². The maximum atomic E-state index is 11.5. The molecule has 2 atom stereocenters. The zero-order chi connectivity index (χ0) is 9.42. The average molecular weight is 179 g/mol. The van der Waals surface area contributed by atoms with Gasteiger partial charge in [0, 0.05) is 11.8 Å². The molecule has 2 fully saturated rings. The summed E-state index contributed by atoms with van der Waals surface area (Å²) in [7, 11) is 0. The molecule has 2 aliphatic carbocycles. The van der Waals surface area contributed by atoms with Crippen molar-refractivity contribution in [2.45, 2.75) is 25.7 Å². The van der Waals surface area contributed by atoms with Crippen molar-refractivity contribution in [1.82, 2.24) is 0 Å². The van der Waals surface area contributed by atoms with Crippen LogP contribution in [-0.2, 0) is 9.59 Å². The fourth-order valence-electron chi connectivity index (χ4n) is 2.34. The Kier molecular flexibility index (Phi) is 1.85. The van der Waals surface area contributed by atoms with E-state index in [-0.39, 0.29) is 29.1 Å². The second-order valence-corrected chi connectivity index (χ2v) is 3.69. The van der Waals surface area contributed by atoms with Gasteiger partial charge in [-0.05, 0) is 12.8 Å². The number of Topliss-reactive ketones (excluding diaryl/α,β-unsaturated/α-hetero) is 2. The molecule has 0 aromatic heterocycles. The molecule has 0 spiro atoms. The van der Waals surface area contributed by atoms with Gasteiger partial charge in [0.1, 0.15) is 0 Å². The minimum absolute atomic E-state index is 0.114. The highest BCUT2D eigenvalue weighted by Gasteiger charge is 2.54. The molecule has 0 aromatic rings. The van der Waals surface area contributed by atoms with Gasteiger partial charge in [-0.1, -0.05) is 12.8 Å². The summed E-state index contributed by atoms with van der Waals surface area (Å²) in [5.41, 5.74) is 6.64. The summed E-state index contributed by atoms with van der Waals surface area (Å²) < 4.78 is 0. The SMILES string of the molecule is N=[N+]=C1C(=O)C2CCCCC2C1=O. The van der Waals surface area contributed by atoms with E-state index >= 15 is 0 Å². The van der Waals surface area contributed by atoms with Gasteiger partial charge in [-0.25, -0.2) is 0 Å². The number of rotatable bonds is 0. The molecule has 0 saturated heterocycles. The maximum absolute atomic E-state index is 11.5. The minimum atomic E-state index is -0.190. The van der Waals surface area contributed by atoms with Gasteiger partial charge in [-0.3, -0.25) is 9.59 Å². The van der Waals surface area contributed by atoms with E-state index in [9.17, 15) is 9.59 Å². The molecule has 0 amide bonds. The van der Waals surface area contributed by atoms with Gasteiger partial charge in [-0.2, -0.15) is 0 Å². The van der Waals surface area contributed by atoms with E-state index in [1.54, 1.807) is 0 Å². The van der Waals surface area contributed by atoms with Gasteiger partial charge < -0.3 is 0 Å². The molecule has 2 rings (SSSR count). The third-order valence-electron chi connectivity index (χ3n) is 3.02. The molecule has 2 saturated carbocycles. The quantitative estimate of drug-likeness (QED) is 0.437. The molecular formula is C9H11N2O2+. The van der Waals surface area contributed by atoms with E-state index in [0.717, 1.165) is 25.7 Å². The first kappa shape index (κ1) is 8.32. The third-order valence-corrected chi connectivity index (χ3v) is 3.02. The van der Waals surface area contributed by atoms with E-state index in [1.807, 2.05) is 0 Å². The van der Waals surface area contributed by atoms with Crippen LogP contribution in [0.3, 0.4) is 0 Å². The lowest BCUT2D eigenvalue weighted by Gasteiger charge is -2.20. The van der Waals surface area contributed by atoms with Crippen LogP contribution in [0.2, 0.25) is 0 Å². The fourth-order valence-corrected chi connectivity index (χ4v) is 2.34. The van der Waals surface area contributed by atoms with Gasteiger partial charge in [-0.15, -0.1) is 0 Å². The highest BCUT2D eigenvalue weighted by molar-refractivity contribution is 6.68. The Morgan fingerprint density at radius 1 is 1.08 bits per heavy atom. The third kappa shape index (κ3) is 1.06. The highest BCUT2D eigenvalue weighted by Crippen LogP contribution is 2.36. The largest absolute Gasteiger partial charge is 0.449 e. The number of nitrogens with zero attached hydrogens (tertiary/aromatic N) is 1. The number of nitrogens with one attached hydrogen (secondary N) is 1. The first-order chi connectivity index (χ1) is 6.25. The first-order valence-corrected chi connectivity index (χ1v) is 4.58. The predicted molar refractivity (Wildman–Crippen MR) is 43.4 cm³/mol. The molecule has 0 aliphatic heterocycles. The van der Waals surface area contributed by atoms with Gasteiger partial charge in [0.05, 0.1) is 10.3 Å². The van der Waals surface area contributed by atoms with Gasteiger partial charge in [0.2, 0.25) is 0 Å². The van der Waals surface area contributed by atoms with E-state index in [1.165, 1.54) is 0 Å². The second kappa shape index (κ2) is 2.89. The van der Waals surface area contributed by atoms with Crippen LogP contribution in [-0.4, -0.2) is 22.1 Å². The summed E-state index contributed by atoms with van der Waals surface area (Å²) in [4.78, 5) is 26.1. The number of fused-ring (bicyclic) bond motifs is 1. The Morgan fingerprint density at radius 3 is 1.92 bits per heavy atom. The van der Waals surface area contributed by atoms with E-state index in [2.05, 4.69) is 4.79 Å².